The summed E-state index contributed by atoms with van der Waals surface area (Å²) in [4.78, 5) is 29.3. The summed E-state index contributed by atoms with van der Waals surface area (Å²) in [5.41, 5.74) is 1.35. The first-order valence-corrected chi connectivity index (χ1v) is 8.05. The highest BCUT2D eigenvalue weighted by Gasteiger charge is 2.18. The first-order chi connectivity index (χ1) is 11.6. The SMILES string of the molecule is CNC(=O)c1cccc(NC(=O)c2nc(-c3ccco3)sc2C)c1. The standard InChI is InChI=1S/C17H15N3O3S/c1-10-14(20-17(24-10)13-7-4-8-23-13)16(22)19-12-6-3-5-11(9-12)15(21)18-2/h3-9H,1-2H3,(H,18,21)(H,19,22). The van der Waals surface area contributed by atoms with Crippen molar-refractivity contribution in [2.75, 3.05) is 12.4 Å². The van der Waals surface area contributed by atoms with Crippen molar-refractivity contribution in [3.63, 3.8) is 0 Å². The molecule has 1 aromatic carbocycles. The van der Waals surface area contributed by atoms with Gasteiger partial charge in [-0.1, -0.05) is 6.07 Å². The van der Waals surface area contributed by atoms with Crippen molar-refractivity contribution in [1.82, 2.24) is 10.3 Å². The number of carbonyl (C=O) groups excluding carboxylic acids is 2. The molecule has 0 spiro atoms. The van der Waals surface area contributed by atoms with Gasteiger partial charge in [0.2, 0.25) is 0 Å². The number of hydrogen-bond acceptors (Lipinski definition) is 5. The van der Waals surface area contributed by atoms with Gasteiger partial charge in [0.15, 0.2) is 10.8 Å². The van der Waals surface area contributed by atoms with Gasteiger partial charge in [-0.15, -0.1) is 11.3 Å². The normalized spacial score (nSPS) is 10.4. The monoisotopic (exact) mass is 341 g/mol. The van der Waals surface area contributed by atoms with E-state index in [-0.39, 0.29) is 11.8 Å². The third kappa shape index (κ3) is 3.21. The number of nitrogens with one attached hydrogen (secondary N) is 2. The van der Waals surface area contributed by atoms with Crippen molar-refractivity contribution in [1.29, 1.82) is 0 Å². The zero-order valence-electron chi connectivity index (χ0n) is 13.1. The topological polar surface area (TPSA) is 84.2 Å². The van der Waals surface area contributed by atoms with E-state index in [0.717, 1.165) is 4.88 Å². The zero-order valence-corrected chi connectivity index (χ0v) is 13.9. The molecule has 0 atom stereocenters. The van der Waals surface area contributed by atoms with Gasteiger partial charge < -0.3 is 15.1 Å². The molecule has 24 heavy (non-hydrogen) atoms. The molecule has 0 aliphatic carbocycles. The maximum absolute atomic E-state index is 12.5. The number of hydrogen-bond donors (Lipinski definition) is 2. The second-order valence-electron chi connectivity index (χ2n) is 5.02. The largest absolute Gasteiger partial charge is 0.462 e. The fourth-order valence-electron chi connectivity index (χ4n) is 2.19. The molecule has 0 fully saturated rings. The lowest BCUT2D eigenvalue weighted by molar-refractivity contribution is 0.0961. The van der Waals surface area contributed by atoms with Crippen LogP contribution in [0.1, 0.15) is 25.7 Å². The average molecular weight is 341 g/mol. The number of thiazole rings is 1. The van der Waals surface area contributed by atoms with E-state index < -0.39 is 0 Å². The van der Waals surface area contributed by atoms with Crippen LogP contribution in [0.25, 0.3) is 10.8 Å². The number of carbonyl (C=O) groups is 2. The van der Waals surface area contributed by atoms with Crippen LogP contribution in [0, 0.1) is 6.92 Å². The fraction of sp³-hybridized carbons (Fsp3) is 0.118. The average Bonchev–Trinajstić information content (AvgIpc) is 3.23. The van der Waals surface area contributed by atoms with E-state index >= 15 is 0 Å². The van der Waals surface area contributed by atoms with Crippen LogP contribution < -0.4 is 10.6 Å². The Morgan fingerprint density at radius 2 is 2.00 bits per heavy atom. The third-order valence-corrected chi connectivity index (χ3v) is 4.34. The van der Waals surface area contributed by atoms with Gasteiger partial charge in [0.05, 0.1) is 6.26 Å². The number of benzene rings is 1. The Morgan fingerprint density at radius 3 is 2.71 bits per heavy atom. The summed E-state index contributed by atoms with van der Waals surface area (Å²) >= 11 is 1.39. The first-order valence-electron chi connectivity index (χ1n) is 7.23. The lowest BCUT2D eigenvalue weighted by Crippen LogP contribution is -2.18. The van der Waals surface area contributed by atoms with Gasteiger partial charge in [-0.2, -0.15) is 0 Å². The highest BCUT2D eigenvalue weighted by Crippen LogP contribution is 2.28. The van der Waals surface area contributed by atoms with E-state index in [0.29, 0.717) is 27.7 Å². The quantitative estimate of drug-likeness (QED) is 0.762. The van der Waals surface area contributed by atoms with Crippen molar-refractivity contribution in [3.05, 3.63) is 58.8 Å². The van der Waals surface area contributed by atoms with Crippen molar-refractivity contribution < 1.29 is 14.0 Å². The Labute approximate surface area is 142 Å². The summed E-state index contributed by atoms with van der Waals surface area (Å²) < 4.78 is 5.31. The number of aryl methyl sites for hydroxylation is 1. The highest BCUT2D eigenvalue weighted by atomic mass is 32.1. The van der Waals surface area contributed by atoms with Gasteiger partial charge in [-0.3, -0.25) is 9.59 Å². The molecule has 2 heterocycles. The second kappa shape index (κ2) is 6.67. The molecule has 2 N–H and O–H groups in total. The molecular weight excluding hydrogens is 326 g/mol. The summed E-state index contributed by atoms with van der Waals surface area (Å²) in [6.07, 6.45) is 1.57. The summed E-state index contributed by atoms with van der Waals surface area (Å²) in [6.45, 7) is 1.83. The van der Waals surface area contributed by atoms with Crippen molar-refractivity contribution in [2.45, 2.75) is 6.92 Å². The van der Waals surface area contributed by atoms with Gasteiger partial charge in [0, 0.05) is 23.2 Å². The minimum atomic E-state index is -0.324. The number of nitrogens with zero attached hydrogens (tertiary/aromatic N) is 1. The Hall–Kier alpha value is -2.93. The van der Waals surface area contributed by atoms with Gasteiger partial charge in [0.1, 0.15) is 5.69 Å². The molecule has 0 unspecified atom stereocenters. The van der Waals surface area contributed by atoms with E-state index in [9.17, 15) is 9.59 Å². The molecule has 3 aromatic rings. The second-order valence-corrected chi connectivity index (χ2v) is 6.22. The molecule has 0 saturated heterocycles. The maximum Gasteiger partial charge on any atom is 0.275 e. The Bertz CT molecular complexity index is 884. The van der Waals surface area contributed by atoms with Crippen LogP contribution in [0.2, 0.25) is 0 Å². The van der Waals surface area contributed by atoms with Crippen molar-refractivity contribution in [3.8, 4) is 10.8 Å². The van der Waals surface area contributed by atoms with Crippen LogP contribution in [-0.4, -0.2) is 23.8 Å². The van der Waals surface area contributed by atoms with E-state index in [1.807, 2.05) is 6.92 Å². The molecule has 0 aliphatic rings. The van der Waals surface area contributed by atoms with E-state index in [4.69, 9.17) is 4.42 Å². The highest BCUT2D eigenvalue weighted by molar-refractivity contribution is 7.15. The predicted octanol–water partition coefficient (Wildman–Crippen LogP) is 3.32. The molecule has 2 amide bonds. The van der Waals surface area contributed by atoms with Crippen LogP contribution in [-0.2, 0) is 0 Å². The minimum Gasteiger partial charge on any atom is -0.462 e. The minimum absolute atomic E-state index is 0.212. The van der Waals surface area contributed by atoms with Gasteiger partial charge in [-0.25, -0.2) is 4.98 Å². The van der Waals surface area contributed by atoms with E-state index in [1.165, 1.54) is 11.3 Å². The fourth-order valence-corrected chi connectivity index (χ4v) is 3.06. The number of aromatic nitrogens is 1. The Morgan fingerprint density at radius 1 is 1.17 bits per heavy atom. The molecule has 0 radical (unpaired) electrons. The number of rotatable bonds is 4. The molecule has 7 heteroatoms. The van der Waals surface area contributed by atoms with Crippen molar-refractivity contribution >= 4 is 28.8 Å². The lowest BCUT2D eigenvalue weighted by atomic mass is 10.2. The molecule has 6 nitrogen and oxygen atoms in total. The number of anilines is 1. The van der Waals surface area contributed by atoms with Gasteiger partial charge in [-0.05, 0) is 37.3 Å². The summed E-state index contributed by atoms with van der Waals surface area (Å²) in [5.74, 6) is 0.0930. The molecule has 3 rings (SSSR count). The van der Waals surface area contributed by atoms with E-state index in [2.05, 4.69) is 15.6 Å². The molecule has 0 saturated carbocycles. The van der Waals surface area contributed by atoms with Crippen LogP contribution in [0.15, 0.2) is 47.1 Å². The summed E-state index contributed by atoms with van der Waals surface area (Å²) in [7, 11) is 1.56. The number of amides is 2. The smallest absolute Gasteiger partial charge is 0.275 e. The molecule has 0 bridgehead atoms. The van der Waals surface area contributed by atoms with E-state index in [1.54, 1.807) is 49.7 Å². The third-order valence-electron chi connectivity index (χ3n) is 3.35. The number of furan rings is 1. The molecule has 2 aromatic heterocycles. The van der Waals surface area contributed by atoms with Gasteiger partial charge >= 0.3 is 0 Å². The maximum atomic E-state index is 12.5. The molecule has 122 valence electrons. The summed E-state index contributed by atoms with van der Waals surface area (Å²) in [5, 5.41) is 5.97. The lowest BCUT2D eigenvalue weighted by Gasteiger charge is -2.06. The first kappa shape index (κ1) is 15.9. The van der Waals surface area contributed by atoms with Crippen LogP contribution in [0.5, 0.6) is 0 Å². The van der Waals surface area contributed by atoms with Gasteiger partial charge in [0.25, 0.3) is 11.8 Å². The van der Waals surface area contributed by atoms with Crippen molar-refractivity contribution in [2.24, 2.45) is 0 Å². The van der Waals surface area contributed by atoms with Crippen LogP contribution in [0.4, 0.5) is 5.69 Å². The zero-order chi connectivity index (χ0) is 17.1. The predicted molar refractivity (Wildman–Crippen MR) is 92.3 cm³/mol. The molecular formula is C17H15N3O3S. The summed E-state index contributed by atoms with van der Waals surface area (Å²) in [6, 6.07) is 10.3. The molecule has 0 aliphatic heterocycles. The van der Waals surface area contributed by atoms with Crippen LogP contribution >= 0.6 is 11.3 Å². The Kier molecular flexibility index (Phi) is 4.43. The Balaban J connectivity index is 1.82. The van der Waals surface area contributed by atoms with Crippen LogP contribution in [0.3, 0.4) is 0 Å².